The second-order valence-corrected chi connectivity index (χ2v) is 7.05. The molecule has 0 unspecified atom stereocenters. The van der Waals surface area contributed by atoms with Gasteiger partial charge in [-0.05, 0) is 43.3 Å². The molecule has 3 aromatic rings. The highest BCUT2D eigenvalue weighted by Gasteiger charge is 2.43. The number of nitrogens with zero attached hydrogens (tertiary/aromatic N) is 3. The smallest absolute Gasteiger partial charge is 0.272 e. The van der Waals surface area contributed by atoms with E-state index in [1.54, 1.807) is 28.8 Å². The Morgan fingerprint density at radius 2 is 2.04 bits per heavy atom. The van der Waals surface area contributed by atoms with Gasteiger partial charge in [-0.25, -0.2) is 13.2 Å². The number of carbonyl (C=O) groups excluding carboxylic acids is 1. The van der Waals surface area contributed by atoms with Crippen molar-refractivity contribution in [1.82, 2.24) is 19.7 Å². The van der Waals surface area contributed by atoms with E-state index in [4.69, 9.17) is 0 Å². The van der Waals surface area contributed by atoms with Crippen molar-refractivity contribution in [3.05, 3.63) is 41.8 Å². The zero-order valence-corrected chi connectivity index (χ0v) is 14.8. The number of alkyl halides is 2. The van der Waals surface area contributed by atoms with Crippen molar-refractivity contribution in [2.45, 2.75) is 18.8 Å². The van der Waals surface area contributed by atoms with E-state index in [-0.39, 0.29) is 31.1 Å². The number of halogens is 3. The number of hydrogen-bond acceptors (Lipinski definition) is 3. The number of rotatable bonds is 6. The van der Waals surface area contributed by atoms with Gasteiger partial charge in [-0.3, -0.25) is 14.4 Å². The van der Waals surface area contributed by atoms with Gasteiger partial charge in [-0.15, -0.1) is 0 Å². The van der Waals surface area contributed by atoms with Gasteiger partial charge in [0.15, 0.2) is 5.78 Å². The first kappa shape index (κ1) is 17.8. The minimum Gasteiger partial charge on any atom is -0.353 e. The molecule has 0 atom stereocenters. The molecule has 0 spiro atoms. The summed E-state index contributed by atoms with van der Waals surface area (Å²) in [6.45, 7) is 0.0282. The van der Waals surface area contributed by atoms with Crippen LogP contribution in [0.15, 0.2) is 30.3 Å². The maximum absolute atomic E-state index is 13.4. The fourth-order valence-electron chi connectivity index (χ4n) is 3.45. The fraction of sp³-hybridized carbons (Fsp3) is 0.368. The molecule has 5 nitrogen and oxygen atoms in total. The number of aryl methyl sites for hydroxylation is 1. The molecule has 1 aromatic carbocycles. The molecule has 0 saturated carbocycles. The van der Waals surface area contributed by atoms with Gasteiger partial charge >= 0.3 is 0 Å². The quantitative estimate of drug-likeness (QED) is 0.669. The third kappa shape index (κ3) is 3.62. The van der Waals surface area contributed by atoms with E-state index in [2.05, 4.69) is 10.1 Å². The van der Waals surface area contributed by atoms with Gasteiger partial charge in [0.2, 0.25) is 0 Å². The molecule has 0 bridgehead atoms. The summed E-state index contributed by atoms with van der Waals surface area (Å²) in [6, 6.07) is 8.00. The van der Waals surface area contributed by atoms with Crippen molar-refractivity contribution in [1.29, 1.82) is 0 Å². The standard InChI is InChI=1S/C19H19F3N4O/c1-25-17(15-8-12-7-13(20)4-5-14(12)23-15)9-16(24-25)18(27)3-2-6-26-10-19(21,22)11-26/h4-5,7-9,23H,2-3,6,10-11H2,1H3. The van der Waals surface area contributed by atoms with Gasteiger partial charge in [-0.2, -0.15) is 5.10 Å². The molecule has 3 heterocycles. The average molecular weight is 376 g/mol. The summed E-state index contributed by atoms with van der Waals surface area (Å²) in [4.78, 5) is 17.2. The molecule has 142 valence electrons. The van der Waals surface area contributed by atoms with Crippen molar-refractivity contribution in [3.8, 4) is 11.4 Å². The Balaban J connectivity index is 1.43. The van der Waals surface area contributed by atoms with Crippen molar-refractivity contribution >= 4 is 16.7 Å². The molecule has 1 fully saturated rings. The molecule has 2 aromatic heterocycles. The largest absolute Gasteiger partial charge is 0.353 e. The Hall–Kier alpha value is -2.61. The summed E-state index contributed by atoms with van der Waals surface area (Å²) in [5.74, 6) is -3.01. The number of fused-ring (bicyclic) bond motifs is 1. The first-order valence-electron chi connectivity index (χ1n) is 8.77. The zero-order chi connectivity index (χ0) is 19.2. The van der Waals surface area contributed by atoms with Crippen LogP contribution in [0.5, 0.6) is 0 Å². The van der Waals surface area contributed by atoms with Gasteiger partial charge in [-0.1, -0.05) is 0 Å². The van der Waals surface area contributed by atoms with Crippen molar-refractivity contribution in [2.24, 2.45) is 7.05 Å². The van der Waals surface area contributed by atoms with Crippen LogP contribution >= 0.6 is 0 Å². The minimum atomic E-state index is -2.58. The zero-order valence-electron chi connectivity index (χ0n) is 14.8. The van der Waals surface area contributed by atoms with Crippen molar-refractivity contribution < 1.29 is 18.0 Å². The van der Waals surface area contributed by atoms with Gasteiger partial charge in [0.05, 0.1) is 24.5 Å². The number of hydrogen-bond donors (Lipinski definition) is 1. The third-order valence-corrected chi connectivity index (χ3v) is 4.81. The van der Waals surface area contributed by atoms with Crippen LogP contribution in [0.3, 0.4) is 0 Å². The fourth-order valence-corrected chi connectivity index (χ4v) is 3.45. The predicted molar refractivity (Wildman–Crippen MR) is 95.4 cm³/mol. The predicted octanol–water partition coefficient (Wildman–Crippen LogP) is 3.62. The monoisotopic (exact) mass is 376 g/mol. The number of aromatic nitrogens is 3. The molecule has 1 aliphatic heterocycles. The van der Waals surface area contributed by atoms with Crippen LogP contribution in [0.25, 0.3) is 22.3 Å². The van der Waals surface area contributed by atoms with E-state index < -0.39 is 5.92 Å². The molecule has 1 saturated heterocycles. The molecule has 27 heavy (non-hydrogen) atoms. The average Bonchev–Trinajstić information content (AvgIpc) is 3.15. The highest BCUT2D eigenvalue weighted by atomic mass is 19.3. The summed E-state index contributed by atoms with van der Waals surface area (Å²) in [5.41, 5.74) is 2.60. The molecule has 1 N–H and O–H groups in total. The Kier molecular flexibility index (Phi) is 4.30. The lowest BCUT2D eigenvalue weighted by molar-refractivity contribution is -0.130. The number of carbonyl (C=O) groups is 1. The van der Waals surface area contributed by atoms with Gasteiger partial charge < -0.3 is 4.98 Å². The van der Waals surface area contributed by atoms with Crippen LogP contribution in [0, 0.1) is 5.82 Å². The van der Waals surface area contributed by atoms with Gasteiger partial charge in [0.25, 0.3) is 5.92 Å². The second-order valence-electron chi connectivity index (χ2n) is 7.05. The molecule has 0 amide bonds. The molecule has 0 aliphatic carbocycles. The number of ketones is 1. The van der Waals surface area contributed by atoms with E-state index in [9.17, 15) is 18.0 Å². The molecular formula is C19H19F3N4O. The second kappa shape index (κ2) is 6.53. The first-order valence-corrected chi connectivity index (χ1v) is 8.77. The summed E-state index contributed by atoms with van der Waals surface area (Å²) >= 11 is 0. The number of likely N-dealkylation sites (tertiary alicyclic amines) is 1. The van der Waals surface area contributed by atoms with Crippen LogP contribution in [0.2, 0.25) is 0 Å². The number of aromatic amines is 1. The summed E-state index contributed by atoms with van der Waals surface area (Å²) < 4.78 is 40.6. The summed E-state index contributed by atoms with van der Waals surface area (Å²) in [6.07, 6.45) is 0.781. The Morgan fingerprint density at radius 3 is 2.78 bits per heavy atom. The maximum Gasteiger partial charge on any atom is 0.272 e. The van der Waals surface area contributed by atoms with Crippen LogP contribution in [0.1, 0.15) is 23.3 Å². The summed E-state index contributed by atoms with van der Waals surface area (Å²) in [5, 5.41) is 5.01. The van der Waals surface area contributed by atoms with E-state index in [1.165, 1.54) is 12.1 Å². The van der Waals surface area contributed by atoms with Crippen LogP contribution in [0.4, 0.5) is 13.2 Å². The van der Waals surface area contributed by atoms with Crippen LogP contribution < -0.4 is 0 Å². The van der Waals surface area contributed by atoms with Gasteiger partial charge in [0.1, 0.15) is 11.5 Å². The lowest BCUT2D eigenvalue weighted by Crippen LogP contribution is -2.56. The highest BCUT2D eigenvalue weighted by molar-refractivity contribution is 5.95. The number of H-pyrrole nitrogens is 1. The number of benzene rings is 1. The lowest BCUT2D eigenvalue weighted by atomic mass is 10.1. The van der Waals surface area contributed by atoms with E-state index in [1.807, 2.05) is 6.07 Å². The third-order valence-electron chi connectivity index (χ3n) is 4.81. The Bertz CT molecular complexity index is 1000. The van der Waals surface area contributed by atoms with E-state index in [0.717, 1.165) is 22.3 Å². The molecule has 0 radical (unpaired) electrons. The van der Waals surface area contributed by atoms with E-state index in [0.29, 0.717) is 18.7 Å². The molecule has 8 heteroatoms. The van der Waals surface area contributed by atoms with E-state index >= 15 is 0 Å². The normalized spacial score (nSPS) is 16.6. The SMILES string of the molecule is Cn1nc(C(=O)CCCN2CC(F)(F)C2)cc1-c1cc2cc(F)ccc2[nH]1. The minimum absolute atomic E-state index is 0.119. The van der Waals surface area contributed by atoms with Crippen LogP contribution in [-0.4, -0.2) is 51.0 Å². The number of Topliss-reactive ketones (excluding diaryl/α,β-unsaturated/α-hetero) is 1. The van der Waals surface area contributed by atoms with Crippen LogP contribution in [-0.2, 0) is 7.05 Å². The topological polar surface area (TPSA) is 53.9 Å². The highest BCUT2D eigenvalue weighted by Crippen LogP contribution is 2.27. The Morgan fingerprint density at radius 1 is 1.26 bits per heavy atom. The molecular weight excluding hydrogens is 357 g/mol. The molecule has 4 rings (SSSR count). The molecule has 1 aliphatic rings. The summed E-state index contributed by atoms with van der Waals surface area (Å²) in [7, 11) is 1.74. The van der Waals surface area contributed by atoms with Crippen molar-refractivity contribution in [3.63, 3.8) is 0 Å². The maximum atomic E-state index is 13.4. The Labute approximate surface area is 153 Å². The van der Waals surface area contributed by atoms with Gasteiger partial charge in [0, 0.05) is 24.4 Å². The first-order chi connectivity index (χ1) is 12.8. The number of nitrogens with one attached hydrogen (secondary N) is 1. The lowest BCUT2D eigenvalue weighted by Gasteiger charge is -2.38. The van der Waals surface area contributed by atoms with Crippen molar-refractivity contribution in [2.75, 3.05) is 19.6 Å².